The first-order chi connectivity index (χ1) is 31.3. The van der Waals surface area contributed by atoms with E-state index in [2.05, 4.69) is 162 Å². The Hall–Kier alpha value is -7.93. The molecule has 0 atom stereocenters. The lowest BCUT2D eigenvalue weighted by atomic mass is 9.52. The Morgan fingerprint density at radius 1 is 0.333 bits per heavy atom. The molecule has 3 aliphatic rings. The van der Waals surface area contributed by atoms with E-state index in [1.807, 2.05) is 48.0 Å². The summed E-state index contributed by atoms with van der Waals surface area (Å²) >= 11 is 1.88. The second-order valence-corrected chi connectivity index (χ2v) is 17.7. The zero-order valence-corrected chi connectivity index (χ0v) is 34.5. The van der Waals surface area contributed by atoms with Crippen molar-refractivity contribution in [3.8, 4) is 56.4 Å². The van der Waals surface area contributed by atoms with E-state index in [1.165, 1.54) is 81.4 Å². The summed E-state index contributed by atoms with van der Waals surface area (Å²) < 4.78 is 2.53. The minimum absolute atomic E-state index is 0.528. The fraction of sp³-hybridized carbons (Fsp3) is 0.0351. The zero-order chi connectivity index (χ0) is 41.3. The van der Waals surface area contributed by atoms with E-state index in [0.717, 1.165) is 22.3 Å². The third-order valence-electron chi connectivity index (χ3n) is 13.8. The highest BCUT2D eigenvalue weighted by atomic mass is 32.1. The van der Waals surface area contributed by atoms with Crippen LogP contribution in [0.1, 0.15) is 44.5 Å². The molecular weight excluding hydrogens is 787 g/mol. The van der Waals surface area contributed by atoms with Gasteiger partial charge in [0.1, 0.15) is 0 Å². The summed E-state index contributed by atoms with van der Waals surface area (Å²) in [5, 5.41) is 2.52. The average Bonchev–Trinajstić information content (AvgIpc) is 3.99. The van der Waals surface area contributed by atoms with Gasteiger partial charge >= 0.3 is 0 Å². The summed E-state index contributed by atoms with van der Waals surface area (Å²) in [6, 6.07) is 64.9. The van der Waals surface area contributed by atoms with Crippen molar-refractivity contribution < 1.29 is 0 Å². The molecule has 5 nitrogen and oxygen atoms in total. The van der Waals surface area contributed by atoms with Crippen LogP contribution in [0.15, 0.2) is 201 Å². The van der Waals surface area contributed by atoms with Gasteiger partial charge in [-0.25, -0.2) is 15.0 Å². The Morgan fingerprint density at radius 3 is 1.40 bits per heavy atom. The molecule has 0 amide bonds. The molecule has 0 unspecified atom stereocenters. The maximum atomic E-state index is 5.32. The largest absolute Gasteiger partial charge is 0.264 e. The summed E-state index contributed by atoms with van der Waals surface area (Å²) in [5.74, 6) is 1.73. The summed E-state index contributed by atoms with van der Waals surface area (Å²) in [6.07, 6.45) is 7.18. The molecule has 63 heavy (non-hydrogen) atoms. The Labute approximate surface area is 367 Å². The van der Waals surface area contributed by atoms with Crippen LogP contribution in [-0.4, -0.2) is 24.9 Å². The SMILES string of the molecule is c1cncc(-c2nc(-c3cccnc3)nc(-c3cccc4c3-c3c(ccc5c3sc3ccccc35)C43c4ccccc4C4(c5ccccc5-c5ccccc54)c4ccccc43)n2)c1. The summed E-state index contributed by atoms with van der Waals surface area (Å²) in [7, 11) is 0. The lowest BCUT2D eigenvalue weighted by Crippen LogP contribution is -2.43. The molecule has 0 saturated heterocycles. The molecule has 292 valence electrons. The monoisotopic (exact) mass is 819 g/mol. The molecule has 0 bridgehead atoms. The Morgan fingerprint density at radius 2 is 0.810 bits per heavy atom. The molecule has 4 aromatic heterocycles. The predicted octanol–water partition coefficient (Wildman–Crippen LogP) is 13.1. The van der Waals surface area contributed by atoms with Crippen LogP contribution in [0, 0.1) is 0 Å². The second-order valence-electron chi connectivity index (χ2n) is 16.7. The lowest BCUT2D eigenvalue weighted by molar-refractivity contribution is 0.633. The van der Waals surface area contributed by atoms with E-state index >= 15 is 0 Å². The number of rotatable bonds is 3. The molecule has 11 aromatic rings. The van der Waals surface area contributed by atoms with Crippen molar-refractivity contribution in [1.29, 1.82) is 0 Å². The third kappa shape index (κ3) is 4.42. The number of fused-ring (bicyclic) bond motifs is 20. The standard InChI is InChI=1S/C57H33N5S/c1-4-20-41-36(16-1)37-17-2-5-21-42(37)56(41)43-22-6-8-24-45(43)57(46-25-9-7-23-44(46)56)47-26-11-19-40(50(47)51-48(57)29-28-39-38-18-3-10-27-49(38)63-52(39)51)55-61-53(34-14-12-30-58-32-34)60-54(62-55)35-15-13-31-59-33-35/h1-33H. The van der Waals surface area contributed by atoms with E-state index in [9.17, 15) is 0 Å². The van der Waals surface area contributed by atoms with Gasteiger partial charge in [-0.05, 0) is 91.5 Å². The van der Waals surface area contributed by atoms with E-state index in [4.69, 9.17) is 15.0 Å². The van der Waals surface area contributed by atoms with Crippen LogP contribution < -0.4 is 0 Å². The van der Waals surface area contributed by atoms with Gasteiger partial charge in [0.15, 0.2) is 17.5 Å². The van der Waals surface area contributed by atoms with Crippen molar-refractivity contribution in [3.63, 3.8) is 0 Å². The van der Waals surface area contributed by atoms with Gasteiger partial charge in [0.2, 0.25) is 0 Å². The fourth-order valence-electron chi connectivity index (χ4n) is 11.5. The van der Waals surface area contributed by atoms with Crippen LogP contribution in [0.4, 0.5) is 0 Å². The number of benzene rings is 7. The normalized spacial score (nSPS) is 14.3. The number of thiophene rings is 1. The quantitative estimate of drug-likeness (QED) is 0.178. The van der Waals surface area contributed by atoms with Gasteiger partial charge < -0.3 is 0 Å². The van der Waals surface area contributed by atoms with Crippen molar-refractivity contribution >= 4 is 31.5 Å². The summed E-state index contributed by atoms with van der Waals surface area (Å²) in [5.41, 5.74) is 16.7. The molecule has 7 aromatic carbocycles. The number of nitrogens with zero attached hydrogens (tertiary/aromatic N) is 5. The number of pyridine rings is 2. The van der Waals surface area contributed by atoms with Crippen LogP contribution in [0.5, 0.6) is 0 Å². The summed E-state index contributed by atoms with van der Waals surface area (Å²) in [6.45, 7) is 0. The first kappa shape index (κ1) is 34.7. The van der Waals surface area contributed by atoms with Gasteiger partial charge in [0.05, 0.1) is 10.8 Å². The Balaban J connectivity index is 1.15. The minimum atomic E-state index is -0.679. The van der Waals surface area contributed by atoms with Gasteiger partial charge in [0.25, 0.3) is 0 Å². The van der Waals surface area contributed by atoms with E-state index in [-0.39, 0.29) is 0 Å². The highest BCUT2D eigenvalue weighted by molar-refractivity contribution is 7.26. The van der Waals surface area contributed by atoms with Gasteiger partial charge in [0, 0.05) is 67.2 Å². The first-order valence-corrected chi connectivity index (χ1v) is 22.1. The maximum Gasteiger partial charge on any atom is 0.165 e. The van der Waals surface area contributed by atoms with Gasteiger partial charge in [-0.3, -0.25) is 9.97 Å². The molecule has 4 heterocycles. The van der Waals surface area contributed by atoms with Crippen molar-refractivity contribution in [3.05, 3.63) is 245 Å². The molecular formula is C57H33N5S. The van der Waals surface area contributed by atoms with Crippen LogP contribution in [0.3, 0.4) is 0 Å². The van der Waals surface area contributed by atoms with Crippen LogP contribution in [0.2, 0.25) is 0 Å². The first-order valence-electron chi connectivity index (χ1n) is 21.3. The molecule has 0 radical (unpaired) electrons. The van der Waals surface area contributed by atoms with E-state index in [1.54, 1.807) is 12.4 Å². The van der Waals surface area contributed by atoms with Crippen LogP contribution >= 0.6 is 11.3 Å². The van der Waals surface area contributed by atoms with Crippen molar-refractivity contribution in [2.45, 2.75) is 10.8 Å². The topological polar surface area (TPSA) is 64.5 Å². The van der Waals surface area contributed by atoms with Gasteiger partial charge in [-0.2, -0.15) is 0 Å². The Kier molecular flexibility index (Phi) is 7.06. The van der Waals surface area contributed by atoms with Crippen molar-refractivity contribution in [1.82, 2.24) is 24.9 Å². The average molecular weight is 820 g/mol. The predicted molar refractivity (Wildman–Crippen MR) is 253 cm³/mol. The molecule has 6 heteroatoms. The van der Waals surface area contributed by atoms with Crippen molar-refractivity contribution in [2.75, 3.05) is 0 Å². The minimum Gasteiger partial charge on any atom is -0.264 e. The van der Waals surface area contributed by atoms with Crippen LogP contribution in [0.25, 0.3) is 76.6 Å². The van der Waals surface area contributed by atoms with E-state index < -0.39 is 10.8 Å². The number of hydrogen-bond acceptors (Lipinski definition) is 6. The van der Waals surface area contributed by atoms with Gasteiger partial charge in [-0.15, -0.1) is 11.3 Å². The molecule has 0 saturated carbocycles. The highest BCUT2D eigenvalue weighted by Crippen LogP contribution is 2.69. The van der Waals surface area contributed by atoms with E-state index in [0.29, 0.717) is 17.5 Å². The molecule has 0 aliphatic heterocycles. The Bertz CT molecular complexity index is 3550. The molecule has 14 rings (SSSR count). The van der Waals surface area contributed by atoms with Crippen molar-refractivity contribution in [2.24, 2.45) is 0 Å². The van der Waals surface area contributed by atoms with Crippen LogP contribution in [-0.2, 0) is 10.8 Å². The maximum absolute atomic E-state index is 5.32. The van der Waals surface area contributed by atoms with Gasteiger partial charge in [-0.1, -0.05) is 146 Å². The smallest absolute Gasteiger partial charge is 0.165 e. The molecule has 0 fully saturated rings. The zero-order valence-electron chi connectivity index (χ0n) is 33.7. The molecule has 0 N–H and O–H groups in total. The number of aromatic nitrogens is 5. The third-order valence-corrected chi connectivity index (χ3v) is 15.0. The second kappa shape index (κ2) is 12.8. The number of hydrogen-bond donors (Lipinski definition) is 0. The lowest BCUT2D eigenvalue weighted by Gasteiger charge is -2.48. The fourth-order valence-corrected chi connectivity index (χ4v) is 12.8. The molecule has 3 aliphatic carbocycles. The molecule has 2 spiro atoms. The summed E-state index contributed by atoms with van der Waals surface area (Å²) in [4.78, 5) is 24.6. The highest BCUT2D eigenvalue weighted by Gasteiger charge is 2.59.